The van der Waals surface area contributed by atoms with E-state index < -0.39 is 0 Å². The summed E-state index contributed by atoms with van der Waals surface area (Å²) >= 11 is 0. The number of quaternary nitrogens is 1. The lowest BCUT2D eigenvalue weighted by molar-refractivity contribution is -0.879. The minimum absolute atomic E-state index is 0.0243. The molecule has 0 radical (unpaired) electrons. The van der Waals surface area contributed by atoms with E-state index in [-0.39, 0.29) is 4.65 Å². The Bertz CT molecular complexity index is 116. The van der Waals surface area contributed by atoms with Crippen molar-refractivity contribution in [2.24, 2.45) is 0 Å². The summed E-state index contributed by atoms with van der Waals surface area (Å²) in [7, 11) is 0. The van der Waals surface area contributed by atoms with Crippen molar-refractivity contribution in [3.8, 4) is 0 Å². The van der Waals surface area contributed by atoms with E-state index in [1.165, 1.54) is 6.42 Å². The second kappa shape index (κ2) is 3.17. The molecule has 1 fully saturated rings. The largest absolute Gasteiger partial charge is 0.633 e. The van der Waals surface area contributed by atoms with E-state index in [4.69, 9.17) is 0 Å². The summed E-state index contributed by atoms with van der Waals surface area (Å²) in [5.74, 6) is 0. The molecule has 1 aliphatic heterocycles. The molecular formula is C8H15NO. The van der Waals surface area contributed by atoms with Gasteiger partial charge in [-0.15, -0.1) is 0 Å². The average Bonchev–Trinajstić information content (AvgIpc) is 1.89. The SMILES string of the molecule is C=CC[N+]1([O-])CCCCC1. The summed E-state index contributed by atoms with van der Waals surface area (Å²) in [5.41, 5.74) is 0. The van der Waals surface area contributed by atoms with Gasteiger partial charge in [-0.1, -0.05) is 6.58 Å². The zero-order valence-corrected chi connectivity index (χ0v) is 6.38. The summed E-state index contributed by atoms with van der Waals surface area (Å²) in [6, 6.07) is 0. The Morgan fingerprint density at radius 3 is 2.40 bits per heavy atom. The van der Waals surface area contributed by atoms with E-state index in [0.29, 0.717) is 6.54 Å². The number of hydrogen-bond donors (Lipinski definition) is 0. The van der Waals surface area contributed by atoms with E-state index >= 15 is 0 Å². The van der Waals surface area contributed by atoms with E-state index in [2.05, 4.69) is 6.58 Å². The van der Waals surface area contributed by atoms with Crippen LogP contribution in [0.5, 0.6) is 0 Å². The standard InChI is InChI=1S/C8H15NO/c1-2-6-9(10)7-4-3-5-8-9/h2H,1,3-8H2. The summed E-state index contributed by atoms with van der Waals surface area (Å²) in [6.45, 7) is 5.78. The van der Waals surface area contributed by atoms with Crippen LogP contribution in [0.3, 0.4) is 0 Å². The first-order valence-corrected chi connectivity index (χ1v) is 3.95. The fourth-order valence-electron chi connectivity index (χ4n) is 1.51. The lowest BCUT2D eigenvalue weighted by Gasteiger charge is -2.44. The van der Waals surface area contributed by atoms with Crippen LogP contribution >= 0.6 is 0 Å². The van der Waals surface area contributed by atoms with Crippen LogP contribution < -0.4 is 0 Å². The molecule has 58 valence electrons. The molecule has 2 heteroatoms. The van der Waals surface area contributed by atoms with Gasteiger partial charge >= 0.3 is 0 Å². The zero-order chi connectivity index (χ0) is 7.45. The van der Waals surface area contributed by atoms with Gasteiger partial charge in [0.1, 0.15) is 0 Å². The summed E-state index contributed by atoms with van der Waals surface area (Å²) in [5, 5.41) is 11.6. The highest BCUT2D eigenvalue weighted by Gasteiger charge is 2.18. The lowest BCUT2D eigenvalue weighted by Crippen LogP contribution is -2.46. The number of hydrogen-bond acceptors (Lipinski definition) is 1. The maximum atomic E-state index is 11.6. The molecule has 1 aliphatic rings. The van der Waals surface area contributed by atoms with E-state index in [1.807, 2.05) is 0 Å². The number of hydroxylamine groups is 3. The van der Waals surface area contributed by atoms with Crippen LogP contribution in [0.2, 0.25) is 0 Å². The minimum Gasteiger partial charge on any atom is -0.633 e. The van der Waals surface area contributed by atoms with Crippen molar-refractivity contribution in [2.45, 2.75) is 19.3 Å². The van der Waals surface area contributed by atoms with Gasteiger partial charge in [0.2, 0.25) is 0 Å². The van der Waals surface area contributed by atoms with Crippen molar-refractivity contribution >= 4 is 0 Å². The Morgan fingerprint density at radius 2 is 1.90 bits per heavy atom. The quantitative estimate of drug-likeness (QED) is 0.326. The average molecular weight is 141 g/mol. The van der Waals surface area contributed by atoms with Crippen molar-refractivity contribution in [3.05, 3.63) is 17.9 Å². The molecule has 1 heterocycles. The van der Waals surface area contributed by atoms with Crippen LogP contribution in [-0.2, 0) is 0 Å². The normalized spacial score (nSPS) is 24.1. The molecule has 1 rings (SSSR count). The van der Waals surface area contributed by atoms with Crippen molar-refractivity contribution in [1.82, 2.24) is 0 Å². The van der Waals surface area contributed by atoms with E-state index in [9.17, 15) is 5.21 Å². The summed E-state index contributed by atoms with van der Waals surface area (Å²) < 4.78 is -0.0243. The Balaban J connectivity index is 2.39. The monoisotopic (exact) mass is 141 g/mol. The summed E-state index contributed by atoms with van der Waals surface area (Å²) in [6.07, 6.45) is 5.16. The van der Waals surface area contributed by atoms with Crippen LogP contribution in [0.15, 0.2) is 12.7 Å². The second-order valence-electron chi connectivity index (χ2n) is 3.04. The Morgan fingerprint density at radius 1 is 1.30 bits per heavy atom. The number of nitrogens with zero attached hydrogens (tertiary/aromatic N) is 1. The fourth-order valence-corrected chi connectivity index (χ4v) is 1.51. The summed E-state index contributed by atoms with van der Waals surface area (Å²) in [4.78, 5) is 0. The van der Waals surface area contributed by atoms with Crippen LogP contribution in [-0.4, -0.2) is 24.3 Å². The van der Waals surface area contributed by atoms with Gasteiger partial charge in [0.05, 0.1) is 19.6 Å². The van der Waals surface area contributed by atoms with Crippen LogP contribution in [0, 0.1) is 5.21 Å². The molecule has 0 amide bonds. The van der Waals surface area contributed by atoms with Gasteiger partial charge in [0.15, 0.2) is 0 Å². The third kappa shape index (κ3) is 1.82. The second-order valence-corrected chi connectivity index (χ2v) is 3.04. The Kier molecular flexibility index (Phi) is 2.46. The highest BCUT2D eigenvalue weighted by Crippen LogP contribution is 2.16. The van der Waals surface area contributed by atoms with Crippen LogP contribution in [0.1, 0.15) is 19.3 Å². The van der Waals surface area contributed by atoms with Crippen molar-refractivity contribution in [2.75, 3.05) is 19.6 Å². The van der Waals surface area contributed by atoms with Crippen molar-refractivity contribution < 1.29 is 4.65 Å². The molecular weight excluding hydrogens is 126 g/mol. The van der Waals surface area contributed by atoms with Gasteiger partial charge in [0.25, 0.3) is 0 Å². The first kappa shape index (κ1) is 7.76. The molecule has 0 aromatic carbocycles. The predicted octanol–water partition coefficient (Wildman–Crippen LogP) is 1.67. The molecule has 0 unspecified atom stereocenters. The van der Waals surface area contributed by atoms with Gasteiger partial charge in [-0.05, 0) is 25.3 Å². The Labute approximate surface area is 62.3 Å². The molecule has 0 aromatic rings. The fraction of sp³-hybridized carbons (Fsp3) is 0.750. The van der Waals surface area contributed by atoms with Gasteiger partial charge < -0.3 is 9.85 Å². The number of rotatable bonds is 2. The molecule has 0 bridgehead atoms. The maximum absolute atomic E-state index is 11.6. The molecule has 2 nitrogen and oxygen atoms in total. The van der Waals surface area contributed by atoms with Crippen molar-refractivity contribution in [3.63, 3.8) is 0 Å². The van der Waals surface area contributed by atoms with Crippen LogP contribution in [0.4, 0.5) is 0 Å². The first-order valence-electron chi connectivity index (χ1n) is 3.95. The highest BCUT2D eigenvalue weighted by molar-refractivity contribution is 4.68. The van der Waals surface area contributed by atoms with Gasteiger partial charge in [-0.2, -0.15) is 0 Å². The van der Waals surface area contributed by atoms with Gasteiger partial charge in [-0.3, -0.25) is 0 Å². The highest BCUT2D eigenvalue weighted by atomic mass is 16.5. The lowest BCUT2D eigenvalue weighted by atomic mass is 10.1. The zero-order valence-electron chi connectivity index (χ0n) is 6.38. The predicted molar refractivity (Wildman–Crippen MR) is 42.3 cm³/mol. The third-order valence-corrected chi connectivity index (χ3v) is 2.09. The molecule has 0 N–H and O–H groups in total. The van der Waals surface area contributed by atoms with Gasteiger partial charge in [-0.25, -0.2) is 0 Å². The smallest absolute Gasteiger partial charge is 0.0968 e. The van der Waals surface area contributed by atoms with Crippen LogP contribution in [0.25, 0.3) is 0 Å². The number of piperidine rings is 1. The molecule has 0 saturated carbocycles. The molecule has 0 aliphatic carbocycles. The van der Waals surface area contributed by atoms with Gasteiger partial charge in [0, 0.05) is 0 Å². The van der Waals surface area contributed by atoms with E-state index in [1.54, 1.807) is 6.08 Å². The first-order chi connectivity index (χ1) is 4.77. The van der Waals surface area contributed by atoms with E-state index in [0.717, 1.165) is 25.9 Å². The molecule has 0 spiro atoms. The molecule has 0 atom stereocenters. The molecule has 0 aromatic heterocycles. The Hall–Kier alpha value is -0.340. The molecule has 10 heavy (non-hydrogen) atoms. The topological polar surface area (TPSA) is 23.1 Å². The molecule has 1 saturated heterocycles. The maximum Gasteiger partial charge on any atom is 0.0968 e. The van der Waals surface area contributed by atoms with Crippen molar-refractivity contribution in [1.29, 1.82) is 0 Å². The minimum atomic E-state index is -0.0243. The third-order valence-electron chi connectivity index (χ3n) is 2.09. The number of likely N-dealkylation sites (tertiary alicyclic amines) is 1.